The largest absolute Gasteiger partial charge is 0.298 e. The van der Waals surface area contributed by atoms with Crippen LogP contribution in [0.15, 0.2) is 41.3 Å². The number of anilines is 1. The van der Waals surface area contributed by atoms with Crippen molar-refractivity contribution < 1.29 is 13.2 Å². The molecule has 0 bridgehead atoms. The van der Waals surface area contributed by atoms with Crippen molar-refractivity contribution in [1.29, 1.82) is 0 Å². The van der Waals surface area contributed by atoms with Gasteiger partial charge in [-0.3, -0.25) is 10.1 Å². The molecule has 3 aromatic rings. The lowest BCUT2D eigenvalue weighted by Crippen LogP contribution is -2.28. The van der Waals surface area contributed by atoms with E-state index in [0.29, 0.717) is 17.2 Å². The van der Waals surface area contributed by atoms with Crippen molar-refractivity contribution in [1.82, 2.24) is 9.29 Å². The van der Waals surface area contributed by atoms with Gasteiger partial charge in [0.15, 0.2) is 5.13 Å². The van der Waals surface area contributed by atoms with Crippen molar-refractivity contribution in [2.45, 2.75) is 38.5 Å². The highest BCUT2D eigenvalue weighted by Gasteiger charge is 2.20. The third-order valence-corrected chi connectivity index (χ3v) is 7.68. The van der Waals surface area contributed by atoms with Crippen LogP contribution in [0, 0.1) is 13.8 Å². The minimum atomic E-state index is -3.55. The number of hydrogen-bond acceptors (Lipinski definition) is 5. The molecular formula is C21H25N3O3S2. The molecule has 0 fully saturated rings. The molecule has 154 valence electrons. The Hall–Kier alpha value is -2.29. The fraction of sp³-hybridized carbons (Fsp3) is 0.333. The van der Waals surface area contributed by atoms with Crippen LogP contribution in [-0.2, 0) is 10.0 Å². The molecule has 6 nitrogen and oxygen atoms in total. The Morgan fingerprint density at radius 3 is 2.52 bits per heavy atom. The van der Waals surface area contributed by atoms with Gasteiger partial charge in [-0.2, -0.15) is 0 Å². The van der Waals surface area contributed by atoms with E-state index < -0.39 is 10.0 Å². The summed E-state index contributed by atoms with van der Waals surface area (Å²) in [6.45, 7) is 6.52. The number of benzene rings is 2. The summed E-state index contributed by atoms with van der Waals surface area (Å²) in [5.74, 6) is -0.318. The molecule has 0 saturated carbocycles. The first kappa shape index (κ1) is 21.4. The number of sulfonamides is 1. The zero-order valence-electron chi connectivity index (χ0n) is 17.0. The second-order valence-electron chi connectivity index (χ2n) is 7.11. The highest BCUT2D eigenvalue weighted by Crippen LogP contribution is 2.30. The van der Waals surface area contributed by atoms with Gasteiger partial charge in [-0.1, -0.05) is 30.7 Å². The highest BCUT2D eigenvalue weighted by atomic mass is 32.2. The normalized spacial score (nSPS) is 11.9. The molecule has 3 rings (SSSR count). The van der Waals surface area contributed by atoms with Crippen LogP contribution in [0.2, 0.25) is 0 Å². The van der Waals surface area contributed by atoms with Crippen LogP contribution in [0.4, 0.5) is 5.13 Å². The number of fused-ring (bicyclic) bond motifs is 1. The van der Waals surface area contributed by atoms with Gasteiger partial charge in [0.2, 0.25) is 10.0 Å². The molecule has 1 N–H and O–H groups in total. The summed E-state index contributed by atoms with van der Waals surface area (Å²) in [4.78, 5) is 17.2. The molecule has 0 aliphatic rings. The molecule has 0 radical (unpaired) electrons. The first-order valence-corrected chi connectivity index (χ1v) is 11.7. The van der Waals surface area contributed by atoms with E-state index in [-0.39, 0.29) is 10.8 Å². The number of nitrogens with one attached hydrogen (secondary N) is 1. The summed E-state index contributed by atoms with van der Waals surface area (Å²) in [6.07, 6.45) is 1.72. The number of hydrogen-bond donors (Lipinski definition) is 1. The third kappa shape index (κ3) is 4.66. The van der Waals surface area contributed by atoms with E-state index in [1.165, 1.54) is 39.9 Å². The monoisotopic (exact) mass is 431 g/mol. The van der Waals surface area contributed by atoms with Gasteiger partial charge in [-0.15, -0.1) is 0 Å². The van der Waals surface area contributed by atoms with Gasteiger partial charge in [0, 0.05) is 19.2 Å². The number of aromatic nitrogens is 1. The Morgan fingerprint density at radius 2 is 1.86 bits per heavy atom. The van der Waals surface area contributed by atoms with Gasteiger partial charge in [0.05, 0.1) is 15.1 Å². The van der Waals surface area contributed by atoms with E-state index in [9.17, 15) is 13.2 Å². The van der Waals surface area contributed by atoms with E-state index in [0.717, 1.165) is 34.2 Å². The van der Waals surface area contributed by atoms with Crippen LogP contribution in [0.3, 0.4) is 0 Å². The lowest BCUT2D eigenvalue weighted by molar-refractivity contribution is 0.102. The minimum absolute atomic E-state index is 0.179. The van der Waals surface area contributed by atoms with Gasteiger partial charge in [-0.25, -0.2) is 17.7 Å². The first-order valence-electron chi connectivity index (χ1n) is 9.48. The van der Waals surface area contributed by atoms with Crippen LogP contribution in [0.1, 0.15) is 41.3 Å². The van der Waals surface area contributed by atoms with Gasteiger partial charge in [0.25, 0.3) is 5.91 Å². The molecule has 1 aromatic heterocycles. The lowest BCUT2D eigenvalue weighted by atomic mass is 10.1. The minimum Gasteiger partial charge on any atom is -0.298 e. The maximum absolute atomic E-state index is 12.6. The molecule has 0 unspecified atom stereocenters. The molecule has 0 aliphatic heterocycles. The molecule has 0 aliphatic carbocycles. The Kier molecular flexibility index (Phi) is 6.36. The van der Waals surface area contributed by atoms with Gasteiger partial charge in [0.1, 0.15) is 0 Å². The van der Waals surface area contributed by atoms with Crippen LogP contribution >= 0.6 is 11.3 Å². The molecule has 0 saturated heterocycles. The summed E-state index contributed by atoms with van der Waals surface area (Å²) in [6, 6.07) is 10.1. The Bertz CT molecular complexity index is 1140. The summed E-state index contributed by atoms with van der Waals surface area (Å²) < 4.78 is 27.6. The molecule has 8 heteroatoms. The first-order chi connectivity index (χ1) is 13.7. The number of carbonyl (C=O) groups is 1. The Labute approximate surface area is 175 Å². The smallest absolute Gasteiger partial charge is 0.257 e. The number of thiazole rings is 1. The molecule has 0 atom stereocenters. The van der Waals surface area contributed by atoms with Crippen molar-refractivity contribution in [2.75, 3.05) is 18.9 Å². The van der Waals surface area contributed by atoms with Gasteiger partial charge >= 0.3 is 0 Å². The quantitative estimate of drug-likeness (QED) is 0.594. The van der Waals surface area contributed by atoms with Crippen molar-refractivity contribution in [2.24, 2.45) is 0 Å². The van der Waals surface area contributed by atoms with Crippen molar-refractivity contribution >= 4 is 42.6 Å². The Morgan fingerprint density at radius 1 is 1.17 bits per heavy atom. The van der Waals surface area contributed by atoms with E-state index in [1.807, 2.05) is 26.8 Å². The summed E-state index contributed by atoms with van der Waals surface area (Å²) >= 11 is 1.43. The Balaban J connectivity index is 1.76. The molecular weight excluding hydrogens is 406 g/mol. The summed E-state index contributed by atoms with van der Waals surface area (Å²) in [7, 11) is -1.98. The van der Waals surface area contributed by atoms with Crippen LogP contribution < -0.4 is 5.32 Å². The number of aryl methyl sites for hydroxylation is 2. The highest BCUT2D eigenvalue weighted by molar-refractivity contribution is 7.89. The lowest BCUT2D eigenvalue weighted by Gasteiger charge is -2.16. The molecule has 29 heavy (non-hydrogen) atoms. The van der Waals surface area contributed by atoms with Crippen LogP contribution in [-0.4, -0.2) is 37.2 Å². The van der Waals surface area contributed by atoms with Gasteiger partial charge in [-0.05, 0) is 61.7 Å². The number of amides is 1. The fourth-order valence-electron chi connectivity index (χ4n) is 3.06. The van der Waals surface area contributed by atoms with Crippen LogP contribution in [0.25, 0.3) is 10.2 Å². The number of carbonyl (C=O) groups excluding carboxylic acids is 1. The number of unbranched alkanes of at least 4 members (excludes halogenated alkanes) is 1. The van der Waals surface area contributed by atoms with Crippen LogP contribution in [0.5, 0.6) is 0 Å². The number of rotatable bonds is 7. The maximum atomic E-state index is 12.6. The summed E-state index contributed by atoms with van der Waals surface area (Å²) in [5, 5.41) is 3.33. The molecule has 1 heterocycles. The maximum Gasteiger partial charge on any atom is 0.257 e. The van der Waals surface area contributed by atoms with Crippen molar-refractivity contribution in [3.63, 3.8) is 0 Å². The van der Waals surface area contributed by atoms with E-state index in [4.69, 9.17) is 0 Å². The van der Waals surface area contributed by atoms with Crippen molar-refractivity contribution in [3.8, 4) is 0 Å². The average Bonchev–Trinajstić information content (AvgIpc) is 3.08. The average molecular weight is 432 g/mol. The van der Waals surface area contributed by atoms with E-state index in [2.05, 4.69) is 16.4 Å². The third-order valence-electron chi connectivity index (χ3n) is 4.69. The SMILES string of the molecule is CCCCN(C)S(=O)(=O)c1ccc(C(=O)Nc2nc3cc(C)cc(C)c3s2)cc1. The predicted molar refractivity (Wildman–Crippen MR) is 118 cm³/mol. The van der Waals surface area contributed by atoms with Crippen molar-refractivity contribution in [3.05, 3.63) is 53.1 Å². The van der Waals surface area contributed by atoms with E-state index in [1.54, 1.807) is 7.05 Å². The van der Waals surface area contributed by atoms with Gasteiger partial charge < -0.3 is 0 Å². The zero-order valence-corrected chi connectivity index (χ0v) is 18.7. The summed E-state index contributed by atoms with van der Waals surface area (Å²) in [5.41, 5.74) is 3.49. The predicted octanol–water partition coefficient (Wildman–Crippen LogP) is 4.59. The van der Waals surface area contributed by atoms with E-state index >= 15 is 0 Å². The second kappa shape index (κ2) is 8.61. The zero-order chi connectivity index (χ0) is 21.2. The second-order valence-corrected chi connectivity index (χ2v) is 10.2. The number of nitrogens with zero attached hydrogens (tertiary/aromatic N) is 2. The standard InChI is InChI=1S/C21H25N3O3S2/c1-5-6-11-24(4)29(26,27)17-9-7-16(8-10-17)20(25)23-21-22-18-13-14(2)12-15(3)19(18)28-21/h7-10,12-13H,5-6,11H2,1-4H3,(H,22,23,25). The molecule has 1 amide bonds. The molecule has 0 spiro atoms. The topological polar surface area (TPSA) is 79.4 Å². The molecule has 2 aromatic carbocycles. The fourth-order valence-corrected chi connectivity index (χ4v) is 5.18.